The van der Waals surface area contributed by atoms with Crippen LogP contribution in [0.1, 0.15) is 38.1 Å². The van der Waals surface area contributed by atoms with Crippen LogP contribution >= 0.6 is 0 Å². The van der Waals surface area contributed by atoms with Crippen LogP contribution in [-0.2, 0) is 0 Å². The molecule has 2 N–H and O–H groups in total. The highest BCUT2D eigenvalue weighted by atomic mass is 16.5. The minimum absolute atomic E-state index is 0.246. The van der Waals surface area contributed by atoms with E-state index in [1.807, 2.05) is 59.3 Å². The summed E-state index contributed by atoms with van der Waals surface area (Å²) in [5.74, 6) is 2.46. The fourth-order valence-corrected chi connectivity index (χ4v) is 4.48. The van der Waals surface area contributed by atoms with Crippen LogP contribution in [0, 0.1) is 17.2 Å². The molecule has 1 aliphatic rings. The monoisotopic (exact) mass is 424 g/mol. The minimum Gasteiger partial charge on any atom is -0.457 e. The van der Waals surface area contributed by atoms with Gasteiger partial charge in [-0.2, -0.15) is 10.4 Å². The molecule has 5 rings (SSSR count). The van der Waals surface area contributed by atoms with Crippen molar-refractivity contribution in [3.05, 3.63) is 60.9 Å². The van der Waals surface area contributed by atoms with Crippen molar-refractivity contribution in [3.63, 3.8) is 0 Å². The van der Waals surface area contributed by atoms with E-state index in [1.165, 1.54) is 6.33 Å². The minimum atomic E-state index is 0.246. The van der Waals surface area contributed by atoms with Crippen molar-refractivity contribution in [2.45, 2.75) is 38.1 Å². The van der Waals surface area contributed by atoms with Crippen LogP contribution in [0.25, 0.3) is 22.3 Å². The van der Waals surface area contributed by atoms with Crippen LogP contribution in [0.2, 0.25) is 0 Å². The smallest absolute Gasteiger partial charge is 0.164 e. The van der Waals surface area contributed by atoms with E-state index in [1.54, 1.807) is 0 Å². The maximum absolute atomic E-state index is 9.00. The first-order valence-corrected chi connectivity index (χ1v) is 10.9. The second kappa shape index (κ2) is 8.67. The van der Waals surface area contributed by atoms with Gasteiger partial charge in [-0.1, -0.05) is 18.2 Å². The summed E-state index contributed by atoms with van der Waals surface area (Å²) in [6.45, 7) is 0. The lowest BCUT2D eigenvalue weighted by Crippen LogP contribution is -2.19. The highest BCUT2D eigenvalue weighted by molar-refractivity contribution is 5.98. The van der Waals surface area contributed by atoms with Crippen LogP contribution in [0.5, 0.6) is 11.5 Å². The molecule has 7 heteroatoms. The van der Waals surface area contributed by atoms with Gasteiger partial charge in [-0.15, -0.1) is 0 Å². The van der Waals surface area contributed by atoms with Crippen LogP contribution in [0.3, 0.4) is 0 Å². The van der Waals surface area contributed by atoms with Gasteiger partial charge in [-0.25, -0.2) is 14.6 Å². The standard InChI is InChI=1S/C25H24N6O/c26-15-14-17-6-10-19(11-7-17)31-25-22(24(27)28-16-29-25)23(30-31)18-8-12-21(13-9-18)32-20-4-2-1-3-5-20/h1-5,8-9,12-13,16-17,19H,6-7,10-11,14H2,(H2,27,28,29). The maximum atomic E-state index is 9.00. The second-order valence-corrected chi connectivity index (χ2v) is 8.23. The van der Waals surface area contributed by atoms with E-state index in [0.717, 1.165) is 59.5 Å². The summed E-state index contributed by atoms with van der Waals surface area (Å²) >= 11 is 0. The Hall–Kier alpha value is -3.92. The van der Waals surface area contributed by atoms with E-state index in [9.17, 15) is 0 Å². The number of nitriles is 1. The largest absolute Gasteiger partial charge is 0.457 e. The lowest BCUT2D eigenvalue weighted by atomic mass is 9.84. The number of anilines is 1. The van der Waals surface area contributed by atoms with Crippen molar-refractivity contribution in [1.29, 1.82) is 5.26 Å². The number of hydrogen-bond donors (Lipinski definition) is 1. The van der Waals surface area contributed by atoms with Crippen molar-refractivity contribution < 1.29 is 4.74 Å². The predicted molar refractivity (Wildman–Crippen MR) is 123 cm³/mol. The van der Waals surface area contributed by atoms with Gasteiger partial charge >= 0.3 is 0 Å². The van der Waals surface area contributed by atoms with Crippen molar-refractivity contribution in [2.75, 3.05) is 5.73 Å². The van der Waals surface area contributed by atoms with Crippen molar-refractivity contribution in [1.82, 2.24) is 19.7 Å². The zero-order chi connectivity index (χ0) is 21.9. The Labute approximate surface area is 186 Å². The molecule has 2 heterocycles. The number of hydrogen-bond acceptors (Lipinski definition) is 6. The normalized spacial score (nSPS) is 18.3. The van der Waals surface area contributed by atoms with Gasteiger partial charge in [0.2, 0.25) is 0 Å². The molecule has 160 valence electrons. The third-order valence-electron chi connectivity index (χ3n) is 6.17. The first kappa shape index (κ1) is 20.0. The zero-order valence-corrected chi connectivity index (χ0v) is 17.7. The number of nitrogens with two attached hydrogens (primary N) is 1. The molecular formula is C25H24N6O. The number of rotatable bonds is 5. The van der Waals surface area contributed by atoms with Crippen LogP contribution < -0.4 is 10.5 Å². The first-order chi connectivity index (χ1) is 15.7. The molecule has 0 unspecified atom stereocenters. The number of nitrogens with zero attached hydrogens (tertiary/aromatic N) is 5. The number of nitrogen functional groups attached to an aromatic ring is 1. The summed E-state index contributed by atoms with van der Waals surface area (Å²) in [6, 6.07) is 20.1. The molecule has 0 aliphatic heterocycles. The van der Waals surface area contributed by atoms with Crippen molar-refractivity contribution in [2.24, 2.45) is 5.92 Å². The molecule has 0 amide bonds. The number of benzene rings is 2. The van der Waals surface area contributed by atoms with Gasteiger partial charge in [0.1, 0.15) is 29.3 Å². The van der Waals surface area contributed by atoms with E-state index in [2.05, 4.69) is 16.0 Å². The van der Waals surface area contributed by atoms with Crippen molar-refractivity contribution >= 4 is 16.9 Å². The second-order valence-electron chi connectivity index (χ2n) is 8.23. The molecule has 0 radical (unpaired) electrons. The summed E-state index contributed by atoms with van der Waals surface area (Å²) in [4.78, 5) is 8.74. The Morgan fingerprint density at radius 3 is 2.41 bits per heavy atom. The molecule has 0 spiro atoms. The van der Waals surface area contributed by atoms with Gasteiger partial charge in [0.05, 0.1) is 17.5 Å². The molecule has 7 nitrogen and oxygen atoms in total. The summed E-state index contributed by atoms with van der Waals surface area (Å²) in [5, 5.41) is 14.7. The predicted octanol–water partition coefficient (Wildman–Crippen LogP) is 5.51. The van der Waals surface area contributed by atoms with Gasteiger partial charge in [0.25, 0.3) is 0 Å². The van der Waals surface area contributed by atoms with E-state index in [4.69, 9.17) is 20.8 Å². The third kappa shape index (κ3) is 3.87. The Morgan fingerprint density at radius 1 is 0.969 bits per heavy atom. The number of para-hydroxylation sites is 1. The summed E-state index contributed by atoms with van der Waals surface area (Å²) in [7, 11) is 0. The van der Waals surface area contributed by atoms with E-state index >= 15 is 0 Å². The van der Waals surface area contributed by atoms with Crippen LogP contribution in [0.15, 0.2) is 60.9 Å². The number of aromatic nitrogens is 4. The molecule has 2 aromatic heterocycles. The highest BCUT2D eigenvalue weighted by Crippen LogP contribution is 2.38. The Morgan fingerprint density at radius 2 is 1.69 bits per heavy atom. The Kier molecular flexibility index (Phi) is 5.42. The lowest BCUT2D eigenvalue weighted by Gasteiger charge is -2.27. The SMILES string of the molecule is N#CCC1CCC(n2nc(-c3ccc(Oc4ccccc4)cc3)c3c(N)ncnc32)CC1. The van der Waals surface area contributed by atoms with Gasteiger partial charge in [-0.3, -0.25) is 0 Å². The fraction of sp³-hybridized carbons (Fsp3) is 0.280. The van der Waals surface area contributed by atoms with Gasteiger partial charge in [-0.05, 0) is 68.0 Å². The molecule has 1 saturated carbocycles. The maximum Gasteiger partial charge on any atom is 0.164 e. The zero-order valence-electron chi connectivity index (χ0n) is 17.7. The lowest BCUT2D eigenvalue weighted by molar-refractivity contribution is 0.268. The first-order valence-electron chi connectivity index (χ1n) is 10.9. The molecule has 1 aliphatic carbocycles. The number of ether oxygens (including phenoxy) is 1. The fourth-order valence-electron chi connectivity index (χ4n) is 4.48. The molecular weight excluding hydrogens is 400 g/mol. The topological polar surface area (TPSA) is 103 Å². The number of fused-ring (bicyclic) bond motifs is 1. The van der Waals surface area contributed by atoms with E-state index in [0.29, 0.717) is 18.2 Å². The van der Waals surface area contributed by atoms with E-state index in [-0.39, 0.29) is 6.04 Å². The molecule has 1 fully saturated rings. The summed E-state index contributed by atoms with van der Waals surface area (Å²) in [5.41, 5.74) is 8.75. The summed E-state index contributed by atoms with van der Waals surface area (Å²) in [6.07, 6.45) is 6.15. The van der Waals surface area contributed by atoms with E-state index < -0.39 is 0 Å². The van der Waals surface area contributed by atoms with Crippen molar-refractivity contribution in [3.8, 4) is 28.8 Å². The third-order valence-corrected chi connectivity index (χ3v) is 6.17. The molecule has 4 aromatic rings. The quantitative estimate of drug-likeness (QED) is 0.453. The van der Waals surface area contributed by atoms with Gasteiger partial charge in [0, 0.05) is 12.0 Å². The molecule has 32 heavy (non-hydrogen) atoms. The molecule has 0 atom stereocenters. The highest BCUT2D eigenvalue weighted by Gasteiger charge is 2.26. The van der Waals surface area contributed by atoms with Crippen LogP contribution in [-0.4, -0.2) is 19.7 Å². The average Bonchev–Trinajstić information content (AvgIpc) is 3.22. The average molecular weight is 425 g/mol. The van der Waals surface area contributed by atoms with Gasteiger partial charge < -0.3 is 10.5 Å². The molecule has 0 bridgehead atoms. The van der Waals surface area contributed by atoms with Crippen LogP contribution in [0.4, 0.5) is 5.82 Å². The summed E-state index contributed by atoms with van der Waals surface area (Å²) < 4.78 is 7.93. The Bertz CT molecular complexity index is 1250. The Balaban J connectivity index is 1.46. The molecule has 0 saturated heterocycles. The molecule has 2 aromatic carbocycles. The van der Waals surface area contributed by atoms with Gasteiger partial charge in [0.15, 0.2) is 5.65 Å².